The van der Waals surface area contributed by atoms with Gasteiger partial charge in [-0.05, 0) is 41.2 Å². The van der Waals surface area contributed by atoms with Gasteiger partial charge >= 0.3 is 0 Å². The average Bonchev–Trinajstić information content (AvgIpc) is 2.98. The molecule has 0 aromatic heterocycles. The summed E-state index contributed by atoms with van der Waals surface area (Å²) in [4.78, 5) is 14.4. The highest BCUT2D eigenvalue weighted by Gasteiger charge is 2.23. The molecule has 1 amide bonds. The van der Waals surface area contributed by atoms with E-state index in [-0.39, 0.29) is 11.3 Å². The molecule has 3 heteroatoms. The van der Waals surface area contributed by atoms with Gasteiger partial charge in [-0.2, -0.15) is 0 Å². The van der Waals surface area contributed by atoms with Crippen molar-refractivity contribution in [2.45, 2.75) is 39.0 Å². The van der Waals surface area contributed by atoms with Crippen molar-refractivity contribution in [1.82, 2.24) is 0 Å². The molecular weight excluding hydrogens is 296 g/mol. The molecule has 1 aliphatic rings. The number of nitrogens with one attached hydrogen (secondary N) is 1. The number of carbonyl (C=O) groups is 1. The van der Waals surface area contributed by atoms with Crippen molar-refractivity contribution in [3.63, 3.8) is 0 Å². The van der Waals surface area contributed by atoms with Gasteiger partial charge in [0.05, 0.1) is 0 Å². The summed E-state index contributed by atoms with van der Waals surface area (Å²) in [5.41, 5.74) is 4.90. The van der Waals surface area contributed by atoms with Crippen LogP contribution in [0.4, 0.5) is 11.4 Å². The third-order valence-corrected chi connectivity index (χ3v) is 4.61. The normalized spacial score (nSPS) is 13.7. The lowest BCUT2D eigenvalue weighted by Gasteiger charge is -2.20. The molecule has 1 aliphatic heterocycles. The lowest BCUT2D eigenvalue weighted by atomic mass is 9.87. The zero-order valence-electron chi connectivity index (χ0n) is 14.8. The van der Waals surface area contributed by atoms with Crippen LogP contribution >= 0.6 is 0 Å². The monoisotopic (exact) mass is 322 g/mol. The van der Waals surface area contributed by atoms with E-state index < -0.39 is 0 Å². The Morgan fingerprint density at radius 3 is 2.50 bits per heavy atom. The Balaban J connectivity index is 1.53. The smallest absolute Gasteiger partial charge is 0.228 e. The Labute approximate surface area is 144 Å². The molecule has 126 valence electrons. The van der Waals surface area contributed by atoms with Crippen molar-refractivity contribution in [2.24, 2.45) is 0 Å². The van der Waals surface area contributed by atoms with Gasteiger partial charge in [0.2, 0.25) is 5.91 Å². The second-order valence-corrected chi connectivity index (χ2v) is 7.43. The van der Waals surface area contributed by atoms with Crippen LogP contribution in [0.25, 0.3) is 0 Å². The molecule has 0 atom stereocenters. The number of hydrogen-bond donors (Lipinski definition) is 1. The highest BCUT2D eigenvalue weighted by Crippen LogP contribution is 2.28. The van der Waals surface area contributed by atoms with Crippen LogP contribution in [-0.4, -0.2) is 19.0 Å². The van der Waals surface area contributed by atoms with E-state index in [0.29, 0.717) is 13.0 Å². The fraction of sp³-hybridized carbons (Fsp3) is 0.381. The minimum atomic E-state index is 0.164. The van der Waals surface area contributed by atoms with E-state index in [1.165, 1.54) is 11.1 Å². The number of hydrogen-bond acceptors (Lipinski definition) is 2. The van der Waals surface area contributed by atoms with Crippen LogP contribution in [0, 0.1) is 0 Å². The predicted molar refractivity (Wildman–Crippen MR) is 101 cm³/mol. The van der Waals surface area contributed by atoms with Crippen molar-refractivity contribution >= 4 is 17.3 Å². The van der Waals surface area contributed by atoms with Crippen molar-refractivity contribution < 1.29 is 4.79 Å². The predicted octanol–water partition coefficient (Wildman–Crippen LogP) is 4.38. The van der Waals surface area contributed by atoms with Gasteiger partial charge in [0.1, 0.15) is 0 Å². The standard InChI is InChI=1S/C21H26N2O/c1-21(2,3)17-8-10-18(11-9-17)22-14-12-20(24)23-15-13-16-6-4-5-7-19(16)23/h4-11,22H,12-15H2,1-3H3. The van der Waals surface area contributed by atoms with Crippen LogP contribution in [0.15, 0.2) is 48.5 Å². The average molecular weight is 322 g/mol. The number of amides is 1. The molecule has 3 nitrogen and oxygen atoms in total. The van der Waals surface area contributed by atoms with Crippen LogP contribution in [-0.2, 0) is 16.6 Å². The third-order valence-electron chi connectivity index (χ3n) is 4.61. The van der Waals surface area contributed by atoms with Crippen LogP contribution in [0.2, 0.25) is 0 Å². The van der Waals surface area contributed by atoms with Crippen molar-refractivity contribution in [3.05, 3.63) is 59.7 Å². The van der Waals surface area contributed by atoms with Crippen LogP contribution in [0.3, 0.4) is 0 Å². The van der Waals surface area contributed by atoms with E-state index in [1.807, 2.05) is 23.1 Å². The van der Waals surface area contributed by atoms with Crippen LogP contribution in [0.1, 0.15) is 38.3 Å². The van der Waals surface area contributed by atoms with Crippen molar-refractivity contribution in [1.29, 1.82) is 0 Å². The van der Waals surface area contributed by atoms with Crippen LogP contribution in [0.5, 0.6) is 0 Å². The molecule has 0 spiro atoms. The Morgan fingerprint density at radius 1 is 1.08 bits per heavy atom. The maximum Gasteiger partial charge on any atom is 0.228 e. The minimum Gasteiger partial charge on any atom is -0.385 e. The largest absolute Gasteiger partial charge is 0.385 e. The van der Waals surface area contributed by atoms with E-state index in [1.54, 1.807) is 0 Å². The molecule has 0 unspecified atom stereocenters. The number of benzene rings is 2. The molecule has 0 aliphatic carbocycles. The summed E-state index contributed by atoms with van der Waals surface area (Å²) < 4.78 is 0. The SMILES string of the molecule is CC(C)(C)c1ccc(NCCC(=O)N2CCc3ccccc32)cc1. The molecule has 3 rings (SSSR count). The summed E-state index contributed by atoms with van der Waals surface area (Å²) in [6.45, 7) is 8.09. The fourth-order valence-corrected chi connectivity index (χ4v) is 3.13. The molecule has 1 N–H and O–H groups in total. The molecule has 0 radical (unpaired) electrons. The Bertz CT molecular complexity index is 713. The van der Waals surface area contributed by atoms with Gasteiger partial charge in [0.25, 0.3) is 0 Å². The maximum absolute atomic E-state index is 12.5. The molecule has 2 aromatic carbocycles. The second-order valence-electron chi connectivity index (χ2n) is 7.43. The number of nitrogens with zero attached hydrogens (tertiary/aromatic N) is 1. The summed E-state index contributed by atoms with van der Waals surface area (Å²) in [6, 6.07) is 16.7. The summed E-state index contributed by atoms with van der Waals surface area (Å²) in [7, 11) is 0. The van der Waals surface area contributed by atoms with Gasteiger partial charge in [-0.25, -0.2) is 0 Å². The highest BCUT2D eigenvalue weighted by atomic mass is 16.2. The second kappa shape index (κ2) is 6.68. The van der Waals surface area contributed by atoms with Gasteiger partial charge < -0.3 is 10.2 Å². The molecule has 1 heterocycles. The van der Waals surface area contributed by atoms with Gasteiger partial charge in [0, 0.05) is 30.9 Å². The van der Waals surface area contributed by atoms with E-state index >= 15 is 0 Å². The summed E-state index contributed by atoms with van der Waals surface area (Å²) in [5.74, 6) is 0.193. The molecular formula is C21H26N2O. The number of carbonyl (C=O) groups excluding carboxylic acids is 1. The number of para-hydroxylation sites is 1. The maximum atomic E-state index is 12.5. The zero-order chi connectivity index (χ0) is 17.2. The lowest BCUT2D eigenvalue weighted by molar-refractivity contribution is -0.118. The summed E-state index contributed by atoms with van der Waals surface area (Å²) >= 11 is 0. The van der Waals surface area contributed by atoms with Gasteiger partial charge in [-0.3, -0.25) is 4.79 Å². The minimum absolute atomic E-state index is 0.164. The molecule has 0 saturated carbocycles. The number of fused-ring (bicyclic) bond motifs is 1. The van der Waals surface area contributed by atoms with Crippen molar-refractivity contribution in [3.8, 4) is 0 Å². The highest BCUT2D eigenvalue weighted by molar-refractivity contribution is 5.95. The first-order valence-corrected chi connectivity index (χ1v) is 8.68. The molecule has 0 saturated heterocycles. The Morgan fingerprint density at radius 2 is 1.79 bits per heavy atom. The van der Waals surface area contributed by atoms with Gasteiger partial charge in [0.15, 0.2) is 0 Å². The van der Waals surface area contributed by atoms with E-state index in [2.05, 4.69) is 56.4 Å². The van der Waals surface area contributed by atoms with Gasteiger partial charge in [-0.1, -0.05) is 51.1 Å². The number of anilines is 2. The molecule has 2 aromatic rings. The van der Waals surface area contributed by atoms with Crippen molar-refractivity contribution in [2.75, 3.05) is 23.3 Å². The summed E-state index contributed by atoms with van der Waals surface area (Å²) in [6.07, 6.45) is 1.47. The van der Waals surface area contributed by atoms with Gasteiger partial charge in [-0.15, -0.1) is 0 Å². The first-order valence-electron chi connectivity index (χ1n) is 8.68. The van der Waals surface area contributed by atoms with E-state index in [9.17, 15) is 4.79 Å². The lowest BCUT2D eigenvalue weighted by Crippen LogP contribution is -2.30. The Kier molecular flexibility index (Phi) is 4.61. The van der Waals surface area contributed by atoms with Crippen LogP contribution < -0.4 is 10.2 Å². The van der Waals surface area contributed by atoms with E-state index in [4.69, 9.17) is 0 Å². The first kappa shape index (κ1) is 16.6. The molecule has 24 heavy (non-hydrogen) atoms. The Hall–Kier alpha value is -2.29. The first-order chi connectivity index (χ1) is 11.4. The molecule has 0 bridgehead atoms. The topological polar surface area (TPSA) is 32.3 Å². The summed E-state index contributed by atoms with van der Waals surface area (Å²) in [5, 5.41) is 3.35. The fourth-order valence-electron chi connectivity index (χ4n) is 3.13. The van der Waals surface area contributed by atoms with E-state index in [0.717, 1.165) is 24.3 Å². The number of rotatable bonds is 4. The zero-order valence-corrected chi connectivity index (χ0v) is 14.8. The quantitative estimate of drug-likeness (QED) is 0.906. The third kappa shape index (κ3) is 3.61. The molecule has 0 fully saturated rings.